The summed E-state index contributed by atoms with van der Waals surface area (Å²) in [6, 6.07) is 13.0. The number of benzene rings is 2. The molecule has 2 atom stereocenters. The van der Waals surface area contributed by atoms with Crippen LogP contribution in [0.5, 0.6) is 11.5 Å². The highest BCUT2D eigenvalue weighted by Crippen LogP contribution is 2.29. The average Bonchev–Trinajstić information content (AvgIpc) is 2.41. The molecule has 0 aromatic heterocycles. The first-order valence-corrected chi connectivity index (χ1v) is 6.82. The molecule has 2 aromatic carbocycles. The lowest BCUT2D eigenvalue weighted by atomic mass is 10.0. The molecule has 3 heteroatoms. The topological polar surface area (TPSA) is 52.5 Å². The van der Waals surface area contributed by atoms with Gasteiger partial charge in [-0.05, 0) is 44.5 Å². The predicted molar refractivity (Wildman–Crippen MR) is 80.9 cm³/mol. The molecular formula is C17H21NO2. The van der Waals surface area contributed by atoms with Gasteiger partial charge in [0.25, 0.3) is 0 Å². The fourth-order valence-electron chi connectivity index (χ4n) is 2.39. The zero-order valence-corrected chi connectivity index (χ0v) is 12.1. The molecule has 0 amide bonds. The Morgan fingerprint density at radius 3 is 2.40 bits per heavy atom. The van der Waals surface area contributed by atoms with E-state index < -0.39 is 0 Å². The highest BCUT2D eigenvalue weighted by Gasteiger charge is 2.14. The molecule has 2 rings (SSSR count). The van der Waals surface area contributed by atoms with E-state index in [1.54, 1.807) is 6.07 Å². The fourth-order valence-corrected chi connectivity index (χ4v) is 2.39. The molecular weight excluding hydrogens is 250 g/mol. The highest BCUT2D eigenvalue weighted by molar-refractivity contribution is 5.40. The van der Waals surface area contributed by atoms with E-state index in [0.717, 1.165) is 0 Å². The van der Waals surface area contributed by atoms with Crippen LogP contribution in [0.4, 0.5) is 0 Å². The standard InChI is InChI=1S/C17H21NO2/c1-11-5-4-6-14(9-11)12(2)18-13(3)16-10-15(19)7-8-17(16)20/h4-10,12-13,18-20H,1-3H3/t12-,13?/m1/s1. The molecule has 3 nitrogen and oxygen atoms in total. The summed E-state index contributed by atoms with van der Waals surface area (Å²) in [5.41, 5.74) is 3.13. The Hall–Kier alpha value is -2.00. The van der Waals surface area contributed by atoms with Crippen molar-refractivity contribution in [3.8, 4) is 11.5 Å². The second-order valence-electron chi connectivity index (χ2n) is 5.27. The van der Waals surface area contributed by atoms with Crippen LogP contribution in [0.25, 0.3) is 0 Å². The molecule has 2 aromatic rings. The summed E-state index contributed by atoms with van der Waals surface area (Å²) in [5, 5.41) is 22.9. The van der Waals surface area contributed by atoms with Gasteiger partial charge < -0.3 is 15.5 Å². The summed E-state index contributed by atoms with van der Waals surface area (Å²) in [5.74, 6) is 0.355. The molecule has 0 aliphatic rings. The quantitative estimate of drug-likeness (QED) is 0.741. The molecule has 106 valence electrons. The number of aryl methyl sites for hydroxylation is 1. The Balaban J connectivity index is 2.15. The number of aromatic hydroxyl groups is 2. The first-order chi connectivity index (χ1) is 9.47. The van der Waals surface area contributed by atoms with Crippen molar-refractivity contribution in [2.45, 2.75) is 32.9 Å². The Morgan fingerprint density at radius 1 is 0.950 bits per heavy atom. The third-order valence-electron chi connectivity index (χ3n) is 3.52. The number of nitrogens with one attached hydrogen (secondary N) is 1. The summed E-state index contributed by atoms with van der Waals surface area (Å²) < 4.78 is 0. The van der Waals surface area contributed by atoms with Gasteiger partial charge in [-0.15, -0.1) is 0 Å². The van der Waals surface area contributed by atoms with E-state index >= 15 is 0 Å². The van der Waals surface area contributed by atoms with Gasteiger partial charge in [-0.1, -0.05) is 29.8 Å². The highest BCUT2D eigenvalue weighted by atomic mass is 16.3. The lowest BCUT2D eigenvalue weighted by Gasteiger charge is -2.22. The van der Waals surface area contributed by atoms with Crippen LogP contribution in [0.15, 0.2) is 42.5 Å². The number of rotatable bonds is 4. The third kappa shape index (κ3) is 3.31. The zero-order chi connectivity index (χ0) is 14.7. The predicted octanol–water partition coefficient (Wildman–Crippen LogP) is 3.82. The number of phenolic OH excluding ortho intramolecular Hbond substituents is 2. The van der Waals surface area contributed by atoms with Gasteiger partial charge in [-0.2, -0.15) is 0 Å². The van der Waals surface area contributed by atoms with Crippen LogP contribution in [-0.4, -0.2) is 10.2 Å². The molecule has 0 fully saturated rings. The van der Waals surface area contributed by atoms with E-state index in [-0.39, 0.29) is 23.6 Å². The van der Waals surface area contributed by atoms with Gasteiger partial charge in [0.15, 0.2) is 0 Å². The van der Waals surface area contributed by atoms with Crippen molar-refractivity contribution in [1.29, 1.82) is 0 Å². The minimum atomic E-state index is -0.0578. The fraction of sp³-hybridized carbons (Fsp3) is 0.294. The van der Waals surface area contributed by atoms with E-state index in [2.05, 4.69) is 37.4 Å². The van der Waals surface area contributed by atoms with Crippen molar-refractivity contribution in [3.05, 3.63) is 59.2 Å². The van der Waals surface area contributed by atoms with Gasteiger partial charge in [0.2, 0.25) is 0 Å². The van der Waals surface area contributed by atoms with E-state index in [4.69, 9.17) is 0 Å². The largest absolute Gasteiger partial charge is 0.508 e. The van der Waals surface area contributed by atoms with Gasteiger partial charge in [0.1, 0.15) is 11.5 Å². The molecule has 0 aliphatic carbocycles. The van der Waals surface area contributed by atoms with Gasteiger partial charge >= 0.3 is 0 Å². The average molecular weight is 271 g/mol. The van der Waals surface area contributed by atoms with E-state index in [1.165, 1.54) is 23.3 Å². The lowest BCUT2D eigenvalue weighted by molar-refractivity contribution is 0.429. The third-order valence-corrected chi connectivity index (χ3v) is 3.52. The summed E-state index contributed by atoms with van der Waals surface area (Å²) in [4.78, 5) is 0. The molecule has 3 N–H and O–H groups in total. The van der Waals surface area contributed by atoms with E-state index in [1.807, 2.05) is 13.0 Å². The normalized spacial score (nSPS) is 13.9. The number of hydrogen-bond donors (Lipinski definition) is 3. The Labute approximate surface area is 119 Å². The van der Waals surface area contributed by atoms with Gasteiger partial charge in [0.05, 0.1) is 0 Å². The van der Waals surface area contributed by atoms with Crippen LogP contribution in [0.2, 0.25) is 0 Å². The Bertz CT molecular complexity index is 595. The van der Waals surface area contributed by atoms with E-state index in [0.29, 0.717) is 5.56 Å². The molecule has 0 spiro atoms. The first kappa shape index (κ1) is 14.4. The minimum Gasteiger partial charge on any atom is -0.508 e. The molecule has 0 radical (unpaired) electrons. The molecule has 0 aliphatic heterocycles. The molecule has 1 unspecified atom stereocenters. The van der Waals surface area contributed by atoms with Crippen LogP contribution in [0, 0.1) is 6.92 Å². The summed E-state index contributed by atoms with van der Waals surface area (Å²) >= 11 is 0. The van der Waals surface area contributed by atoms with Crippen molar-refractivity contribution >= 4 is 0 Å². The maximum atomic E-state index is 9.88. The zero-order valence-electron chi connectivity index (χ0n) is 12.1. The van der Waals surface area contributed by atoms with E-state index in [9.17, 15) is 10.2 Å². The molecule has 0 saturated carbocycles. The van der Waals surface area contributed by atoms with Crippen molar-refractivity contribution in [3.63, 3.8) is 0 Å². The molecule has 20 heavy (non-hydrogen) atoms. The molecule has 0 saturated heterocycles. The van der Waals surface area contributed by atoms with Gasteiger partial charge in [-0.3, -0.25) is 0 Å². The maximum Gasteiger partial charge on any atom is 0.120 e. The maximum absolute atomic E-state index is 9.88. The minimum absolute atomic E-state index is 0.0578. The van der Waals surface area contributed by atoms with Crippen molar-refractivity contribution in [1.82, 2.24) is 5.32 Å². The lowest BCUT2D eigenvalue weighted by Crippen LogP contribution is -2.22. The summed E-state index contributed by atoms with van der Waals surface area (Å²) in [7, 11) is 0. The number of phenols is 2. The Kier molecular flexibility index (Phi) is 4.30. The van der Waals surface area contributed by atoms with Gasteiger partial charge in [-0.25, -0.2) is 0 Å². The molecule has 0 heterocycles. The smallest absolute Gasteiger partial charge is 0.120 e. The second kappa shape index (κ2) is 5.97. The van der Waals surface area contributed by atoms with Crippen molar-refractivity contribution in [2.24, 2.45) is 0 Å². The van der Waals surface area contributed by atoms with Crippen molar-refractivity contribution in [2.75, 3.05) is 0 Å². The van der Waals surface area contributed by atoms with Crippen LogP contribution < -0.4 is 5.32 Å². The van der Waals surface area contributed by atoms with Gasteiger partial charge in [0, 0.05) is 17.6 Å². The van der Waals surface area contributed by atoms with Crippen LogP contribution in [-0.2, 0) is 0 Å². The monoisotopic (exact) mass is 271 g/mol. The second-order valence-corrected chi connectivity index (χ2v) is 5.27. The molecule has 0 bridgehead atoms. The van der Waals surface area contributed by atoms with Crippen LogP contribution >= 0.6 is 0 Å². The Morgan fingerprint density at radius 2 is 1.70 bits per heavy atom. The summed E-state index contributed by atoms with van der Waals surface area (Å²) in [6.07, 6.45) is 0. The van der Waals surface area contributed by atoms with Crippen LogP contribution in [0.3, 0.4) is 0 Å². The summed E-state index contributed by atoms with van der Waals surface area (Å²) in [6.45, 7) is 6.13. The SMILES string of the molecule is Cc1cccc([C@@H](C)NC(C)c2cc(O)ccc2O)c1. The first-order valence-electron chi connectivity index (χ1n) is 6.82. The van der Waals surface area contributed by atoms with Crippen molar-refractivity contribution < 1.29 is 10.2 Å². The van der Waals surface area contributed by atoms with Crippen LogP contribution in [0.1, 0.15) is 42.6 Å². The number of hydrogen-bond acceptors (Lipinski definition) is 3.